The van der Waals surface area contributed by atoms with Crippen LogP contribution in [-0.4, -0.2) is 24.3 Å². The highest BCUT2D eigenvalue weighted by Crippen LogP contribution is 2.18. The van der Waals surface area contributed by atoms with Crippen LogP contribution < -0.4 is 10.5 Å². The van der Waals surface area contributed by atoms with Gasteiger partial charge < -0.3 is 10.5 Å². The summed E-state index contributed by atoms with van der Waals surface area (Å²) in [6.45, 7) is 3.52. The van der Waals surface area contributed by atoms with Gasteiger partial charge in [0.15, 0.2) is 0 Å². The van der Waals surface area contributed by atoms with E-state index in [-0.39, 0.29) is 12.6 Å². The van der Waals surface area contributed by atoms with E-state index in [1.165, 1.54) is 0 Å². The number of pyridine rings is 1. The van der Waals surface area contributed by atoms with E-state index < -0.39 is 6.67 Å². The Kier molecular flexibility index (Phi) is 5.19. The zero-order chi connectivity index (χ0) is 12.0. The number of aryl methyl sites for hydroxylation is 1. The van der Waals surface area contributed by atoms with E-state index in [1.54, 1.807) is 0 Å². The normalized spacial score (nSPS) is 12.5. The van der Waals surface area contributed by atoms with Crippen LogP contribution in [0.25, 0.3) is 0 Å². The molecule has 1 heterocycles. The molecule has 0 bridgehead atoms. The van der Waals surface area contributed by atoms with E-state index in [9.17, 15) is 4.39 Å². The van der Waals surface area contributed by atoms with Crippen LogP contribution in [0.1, 0.15) is 24.7 Å². The summed E-state index contributed by atoms with van der Waals surface area (Å²) in [4.78, 5) is 4.39. The number of aromatic nitrogens is 1. The maximum absolute atomic E-state index is 12.0. The van der Waals surface area contributed by atoms with Crippen molar-refractivity contribution in [2.45, 2.75) is 32.7 Å². The van der Waals surface area contributed by atoms with Crippen molar-refractivity contribution in [2.75, 3.05) is 13.3 Å². The highest BCUT2D eigenvalue weighted by Gasteiger charge is 2.09. The van der Waals surface area contributed by atoms with Crippen LogP contribution in [0.4, 0.5) is 4.39 Å². The Labute approximate surface area is 95.8 Å². The molecule has 16 heavy (non-hydrogen) atoms. The first-order chi connectivity index (χ1) is 7.67. The molecule has 0 saturated heterocycles. The molecule has 0 saturated carbocycles. The number of rotatable bonds is 6. The van der Waals surface area contributed by atoms with Gasteiger partial charge in [0.25, 0.3) is 0 Å². The van der Waals surface area contributed by atoms with Gasteiger partial charge in [-0.2, -0.15) is 0 Å². The molecule has 0 aromatic carbocycles. The molecule has 1 aromatic rings. The molecule has 0 aliphatic carbocycles. The molecule has 2 N–H and O–H groups in total. The summed E-state index contributed by atoms with van der Waals surface area (Å²) in [6.07, 6.45) is 1.55. The van der Waals surface area contributed by atoms with Crippen molar-refractivity contribution >= 4 is 0 Å². The van der Waals surface area contributed by atoms with Gasteiger partial charge >= 0.3 is 0 Å². The highest BCUT2D eigenvalue weighted by atomic mass is 19.1. The summed E-state index contributed by atoms with van der Waals surface area (Å²) in [6, 6.07) is 3.76. The minimum atomic E-state index is -0.493. The van der Waals surface area contributed by atoms with Gasteiger partial charge in [0.2, 0.25) is 0 Å². The number of ether oxygens (including phenoxy) is 1. The summed E-state index contributed by atoms with van der Waals surface area (Å²) >= 11 is 0. The van der Waals surface area contributed by atoms with E-state index in [0.717, 1.165) is 17.8 Å². The van der Waals surface area contributed by atoms with Crippen molar-refractivity contribution in [1.29, 1.82) is 0 Å². The van der Waals surface area contributed by atoms with Crippen LogP contribution in [0.5, 0.6) is 5.75 Å². The topological polar surface area (TPSA) is 48.1 Å². The van der Waals surface area contributed by atoms with Gasteiger partial charge in [0.05, 0.1) is 5.69 Å². The molecule has 0 spiro atoms. The van der Waals surface area contributed by atoms with Crippen LogP contribution in [-0.2, 0) is 6.42 Å². The third-order valence-electron chi connectivity index (χ3n) is 2.39. The van der Waals surface area contributed by atoms with Crippen LogP contribution in [0.2, 0.25) is 0 Å². The quantitative estimate of drug-likeness (QED) is 0.807. The Morgan fingerprint density at radius 2 is 2.25 bits per heavy atom. The van der Waals surface area contributed by atoms with Gasteiger partial charge in [0, 0.05) is 18.2 Å². The van der Waals surface area contributed by atoms with E-state index in [4.69, 9.17) is 10.5 Å². The molecule has 4 heteroatoms. The molecule has 90 valence electrons. The molecule has 3 nitrogen and oxygen atoms in total. The lowest BCUT2D eigenvalue weighted by molar-refractivity contribution is 0.269. The number of hydrogen-bond acceptors (Lipinski definition) is 3. The molecule has 1 atom stereocenters. The number of nitrogens with two attached hydrogens (primary N) is 1. The average molecular weight is 226 g/mol. The number of halogens is 1. The average Bonchev–Trinajstić information content (AvgIpc) is 2.28. The second-order valence-corrected chi connectivity index (χ2v) is 3.81. The van der Waals surface area contributed by atoms with Crippen LogP contribution in [0.15, 0.2) is 12.1 Å². The lowest BCUT2D eigenvalue weighted by atomic mass is 10.1. The van der Waals surface area contributed by atoms with E-state index in [0.29, 0.717) is 12.2 Å². The van der Waals surface area contributed by atoms with Crippen molar-refractivity contribution in [3.8, 4) is 5.75 Å². The Morgan fingerprint density at radius 3 is 2.88 bits per heavy atom. The molecule has 0 aliphatic heterocycles. The first-order valence-electron chi connectivity index (χ1n) is 5.58. The Hall–Kier alpha value is -1.16. The Bertz CT molecular complexity index is 331. The maximum Gasteiger partial charge on any atom is 0.140 e. The third kappa shape index (κ3) is 3.77. The summed E-state index contributed by atoms with van der Waals surface area (Å²) in [5.74, 6) is 0.646. The first-order valence-corrected chi connectivity index (χ1v) is 5.58. The zero-order valence-corrected chi connectivity index (χ0v) is 9.87. The molecule has 1 unspecified atom stereocenters. The third-order valence-corrected chi connectivity index (χ3v) is 2.39. The number of alkyl halides is 1. The van der Waals surface area contributed by atoms with Gasteiger partial charge in [0.1, 0.15) is 19.0 Å². The second kappa shape index (κ2) is 6.43. The fraction of sp³-hybridized carbons (Fsp3) is 0.583. The van der Waals surface area contributed by atoms with Crippen molar-refractivity contribution in [1.82, 2.24) is 4.98 Å². The van der Waals surface area contributed by atoms with Crippen LogP contribution >= 0.6 is 0 Å². The van der Waals surface area contributed by atoms with E-state index in [1.807, 2.05) is 26.0 Å². The monoisotopic (exact) mass is 226 g/mol. The molecule has 1 rings (SSSR count). The molecule has 0 radical (unpaired) electrons. The largest absolute Gasteiger partial charge is 0.489 e. The van der Waals surface area contributed by atoms with Crippen molar-refractivity contribution in [3.05, 3.63) is 23.5 Å². The fourth-order valence-corrected chi connectivity index (χ4v) is 1.42. The van der Waals surface area contributed by atoms with Crippen molar-refractivity contribution in [3.63, 3.8) is 0 Å². The second-order valence-electron chi connectivity index (χ2n) is 3.81. The minimum Gasteiger partial charge on any atom is -0.489 e. The summed E-state index contributed by atoms with van der Waals surface area (Å²) in [5, 5.41) is 0. The summed E-state index contributed by atoms with van der Waals surface area (Å²) in [5.41, 5.74) is 7.63. The predicted octanol–water partition coefficient (Wildman–Crippen LogP) is 2.02. The van der Waals surface area contributed by atoms with Crippen LogP contribution in [0, 0.1) is 6.92 Å². The minimum absolute atomic E-state index is 0.0686. The maximum atomic E-state index is 12.0. The number of nitrogens with zero attached hydrogens (tertiary/aromatic N) is 1. The SMILES string of the molecule is CCC(N)Cc1nc(C)ccc1OCCF. The van der Waals surface area contributed by atoms with Gasteiger partial charge in [-0.1, -0.05) is 6.92 Å². The molecular weight excluding hydrogens is 207 g/mol. The standard InChI is InChI=1S/C12H19FN2O/c1-3-10(14)8-11-12(16-7-6-13)5-4-9(2)15-11/h4-5,10H,3,6-8,14H2,1-2H3. The fourth-order valence-electron chi connectivity index (χ4n) is 1.42. The van der Waals surface area contributed by atoms with Gasteiger partial charge in [-0.15, -0.1) is 0 Å². The zero-order valence-electron chi connectivity index (χ0n) is 9.87. The van der Waals surface area contributed by atoms with Gasteiger partial charge in [-0.3, -0.25) is 4.98 Å². The van der Waals surface area contributed by atoms with Crippen LogP contribution in [0.3, 0.4) is 0 Å². The first kappa shape index (κ1) is 12.9. The Balaban J connectivity index is 2.80. The molecule has 1 aromatic heterocycles. The molecule has 0 aliphatic rings. The molecule has 0 fully saturated rings. The van der Waals surface area contributed by atoms with E-state index >= 15 is 0 Å². The lowest BCUT2D eigenvalue weighted by Crippen LogP contribution is -2.22. The molecule has 0 amide bonds. The summed E-state index contributed by atoms with van der Waals surface area (Å²) in [7, 11) is 0. The van der Waals surface area contributed by atoms with E-state index in [2.05, 4.69) is 4.98 Å². The highest BCUT2D eigenvalue weighted by molar-refractivity contribution is 5.30. The summed E-state index contributed by atoms with van der Waals surface area (Å²) < 4.78 is 17.3. The predicted molar refractivity (Wildman–Crippen MR) is 62.4 cm³/mol. The van der Waals surface area contributed by atoms with Crippen molar-refractivity contribution < 1.29 is 9.13 Å². The Morgan fingerprint density at radius 1 is 1.50 bits per heavy atom. The van der Waals surface area contributed by atoms with Gasteiger partial charge in [-0.25, -0.2) is 4.39 Å². The molecular formula is C12H19FN2O. The van der Waals surface area contributed by atoms with Gasteiger partial charge in [-0.05, 0) is 25.5 Å². The number of hydrogen-bond donors (Lipinski definition) is 1. The lowest BCUT2D eigenvalue weighted by Gasteiger charge is -2.13. The smallest absolute Gasteiger partial charge is 0.140 e. The van der Waals surface area contributed by atoms with Crippen molar-refractivity contribution in [2.24, 2.45) is 5.73 Å².